The first-order valence-electron chi connectivity index (χ1n) is 3.65. The van der Waals surface area contributed by atoms with Crippen LogP contribution in [0.4, 0.5) is 0 Å². The monoisotopic (exact) mass is 142 g/mol. The van der Waals surface area contributed by atoms with Crippen LogP contribution >= 0.6 is 0 Å². The fourth-order valence-corrected chi connectivity index (χ4v) is 1.54. The summed E-state index contributed by atoms with van der Waals surface area (Å²) in [5.41, 5.74) is 3.46. The van der Waals surface area contributed by atoms with Gasteiger partial charge >= 0.3 is 0 Å². The van der Waals surface area contributed by atoms with Crippen molar-refractivity contribution in [2.45, 2.75) is 6.42 Å². The lowest BCUT2D eigenvalue weighted by atomic mass is 10.0. The highest BCUT2D eigenvalue weighted by molar-refractivity contribution is 5.77. The number of fused-ring (bicyclic) bond motifs is 2. The van der Waals surface area contributed by atoms with E-state index in [4.69, 9.17) is 0 Å². The van der Waals surface area contributed by atoms with E-state index in [9.17, 15) is 0 Å². The molecule has 2 heterocycles. The zero-order valence-electron chi connectivity index (χ0n) is 5.91. The highest BCUT2D eigenvalue weighted by atomic mass is 14.8. The van der Waals surface area contributed by atoms with Crippen molar-refractivity contribution in [2.75, 3.05) is 0 Å². The number of hydrogen-bond acceptors (Lipinski definition) is 2. The quantitative estimate of drug-likeness (QED) is 0.475. The fraction of sp³-hybridized carbons (Fsp3) is 0.111. The van der Waals surface area contributed by atoms with Crippen molar-refractivity contribution < 1.29 is 0 Å². The first-order valence-corrected chi connectivity index (χ1v) is 3.65. The van der Waals surface area contributed by atoms with E-state index in [0.29, 0.717) is 0 Å². The molecule has 2 aromatic rings. The summed E-state index contributed by atoms with van der Waals surface area (Å²) in [5, 5.41) is 1.17. The van der Waals surface area contributed by atoms with Crippen LogP contribution in [-0.4, -0.2) is 9.97 Å². The molecule has 0 fully saturated rings. The van der Waals surface area contributed by atoms with Gasteiger partial charge in [0.15, 0.2) is 5.65 Å². The molecule has 0 aromatic carbocycles. The first kappa shape index (κ1) is 5.24. The Kier molecular flexibility index (Phi) is 0.756. The Bertz CT molecular complexity index is 398. The molecule has 0 saturated heterocycles. The lowest BCUT2D eigenvalue weighted by molar-refractivity contribution is 1.09. The molecule has 0 saturated carbocycles. The molecule has 2 nitrogen and oxygen atoms in total. The Hall–Kier alpha value is -1.44. The molecule has 3 bridgehead atoms. The van der Waals surface area contributed by atoms with Gasteiger partial charge in [-0.05, 0) is 23.3 Å². The molecule has 0 amide bonds. The van der Waals surface area contributed by atoms with Crippen molar-refractivity contribution in [3.05, 3.63) is 35.7 Å². The molecule has 0 atom stereocenters. The lowest BCUT2D eigenvalue weighted by Crippen LogP contribution is -1.98. The third-order valence-corrected chi connectivity index (χ3v) is 2.05. The summed E-state index contributed by atoms with van der Waals surface area (Å²) in [4.78, 5) is 8.43. The first-order chi connectivity index (χ1) is 5.42. The van der Waals surface area contributed by atoms with Crippen LogP contribution in [0.15, 0.2) is 24.5 Å². The summed E-state index contributed by atoms with van der Waals surface area (Å²) in [6.07, 6.45) is 4.80. The number of nitrogens with zero attached hydrogens (tertiary/aromatic N) is 2. The van der Waals surface area contributed by atoms with Crippen LogP contribution < -0.4 is 0 Å². The van der Waals surface area contributed by atoms with Crippen LogP contribution in [0.2, 0.25) is 0 Å². The van der Waals surface area contributed by atoms with Crippen LogP contribution in [0, 0.1) is 0 Å². The molecule has 3 rings (SSSR count). The molecule has 52 valence electrons. The van der Waals surface area contributed by atoms with Gasteiger partial charge in [0.05, 0.1) is 0 Å². The number of rotatable bonds is 0. The molecule has 1 aliphatic carbocycles. The largest absolute Gasteiger partial charge is 0.236 e. The second-order valence-corrected chi connectivity index (χ2v) is 2.91. The number of hydrogen-bond donors (Lipinski definition) is 0. The maximum Gasteiger partial charge on any atom is 0.159 e. The van der Waals surface area contributed by atoms with E-state index >= 15 is 0 Å². The van der Waals surface area contributed by atoms with Crippen LogP contribution in [-0.2, 0) is 6.42 Å². The van der Waals surface area contributed by atoms with Gasteiger partial charge in [0.1, 0.15) is 0 Å². The molecule has 11 heavy (non-hydrogen) atoms. The minimum absolute atomic E-state index is 0.859. The van der Waals surface area contributed by atoms with E-state index in [2.05, 4.69) is 22.1 Å². The van der Waals surface area contributed by atoms with Crippen molar-refractivity contribution in [3.8, 4) is 0 Å². The molecular formula is C9H6N2. The van der Waals surface area contributed by atoms with E-state index < -0.39 is 0 Å². The van der Waals surface area contributed by atoms with Gasteiger partial charge in [0.2, 0.25) is 0 Å². The third kappa shape index (κ3) is 0.611. The summed E-state index contributed by atoms with van der Waals surface area (Å²) < 4.78 is 0. The second kappa shape index (κ2) is 1.59. The molecule has 0 N–H and O–H groups in total. The van der Waals surface area contributed by atoms with Gasteiger partial charge in [-0.3, -0.25) is 0 Å². The van der Waals surface area contributed by atoms with Gasteiger partial charge in [-0.1, -0.05) is 0 Å². The minimum Gasteiger partial charge on any atom is -0.236 e. The molecular weight excluding hydrogens is 136 g/mol. The normalized spacial score (nSPS) is 13.1. The molecule has 2 heteroatoms. The molecule has 0 aliphatic heterocycles. The van der Waals surface area contributed by atoms with Crippen LogP contribution in [0.5, 0.6) is 0 Å². The molecule has 0 radical (unpaired) electrons. The Morgan fingerprint density at radius 3 is 2.27 bits per heavy atom. The Morgan fingerprint density at radius 1 is 1.00 bits per heavy atom. The average molecular weight is 142 g/mol. The average Bonchev–Trinajstić information content (AvgIpc) is 2.01. The van der Waals surface area contributed by atoms with Crippen molar-refractivity contribution in [2.24, 2.45) is 0 Å². The summed E-state index contributed by atoms with van der Waals surface area (Å²) in [5.74, 6) is 0. The highest BCUT2D eigenvalue weighted by Crippen LogP contribution is 2.20. The number of pyridine rings is 2. The Labute approximate surface area is 63.9 Å². The maximum atomic E-state index is 4.21. The van der Waals surface area contributed by atoms with Crippen LogP contribution in [0.25, 0.3) is 11.0 Å². The van der Waals surface area contributed by atoms with Crippen LogP contribution in [0.1, 0.15) is 11.1 Å². The predicted molar refractivity (Wildman–Crippen MR) is 42.3 cm³/mol. The van der Waals surface area contributed by atoms with Gasteiger partial charge in [0.25, 0.3) is 0 Å². The van der Waals surface area contributed by atoms with E-state index in [0.717, 1.165) is 12.1 Å². The van der Waals surface area contributed by atoms with Gasteiger partial charge < -0.3 is 0 Å². The standard InChI is InChI=1S/C9H6N2/c1-6-2-8-3-7(1)5-11-9(8)10-4-6/h2-5H,1H2. The molecule has 1 aliphatic rings. The summed E-state index contributed by atoms with van der Waals surface area (Å²) in [6, 6.07) is 4.31. The van der Waals surface area contributed by atoms with Crippen molar-refractivity contribution in [1.29, 1.82) is 0 Å². The summed E-state index contributed by atoms with van der Waals surface area (Å²) in [7, 11) is 0. The van der Waals surface area contributed by atoms with Gasteiger partial charge in [-0.2, -0.15) is 0 Å². The maximum absolute atomic E-state index is 4.21. The lowest BCUT2D eigenvalue weighted by Gasteiger charge is -2.09. The zero-order valence-corrected chi connectivity index (χ0v) is 5.91. The highest BCUT2D eigenvalue weighted by Gasteiger charge is 2.07. The van der Waals surface area contributed by atoms with E-state index in [1.54, 1.807) is 0 Å². The minimum atomic E-state index is 0.859. The zero-order chi connectivity index (χ0) is 7.26. The molecule has 0 spiro atoms. The van der Waals surface area contributed by atoms with Gasteiger partial charge in [0, 0.05) is 24.2 Å². The molecule has 2 aromatic heterocycles. The van der Waals surface area contributed by atoms with Crippen molar-refractivity contribution in [1.82, 2.24) is 9.97 Å². The summed E-state index contributed by atoms with van der Waals surface area (Å²) in [6.45, 7) is 0. The van der Waals surface area contributed by atoms with Crippen LogP contribution in [0.3, 0.4) is 0 Å². The second-order valence-electron chi connectivity index (χ2n) is 2.91. The topological polar surface area (TPSA) is 25.8 Å². The predicted octanol–water partition coefficient (Wildman–Crippen LogP) is 1.53. The van der Waals surface area contributed by atoms with Gasteiger partial charge in [-0.25, -0.2) is 9.97 Å². The molecule has 0 unspecified atom stereocenters. The SMILES string of the molecule is c1nc2ncc3cc2cc1C3. The third-order valence-electron chi connectivity index (χ3n) is 2.05. The van der Waals surface area contributed by atoms with E-state index in [1.165, 1.54) is 16.5 Å². The number of aromatic nitrogens is 2. The van der Waals surface area contributed by atoms with E-state index in [-0.39, 0.29) is 0 Å². The van der Waals surface area contributed by atoms with Crippen molar-refractivity contribution in [3.63, 3.8) is 0 Å². The Balaban J connectivity index is 2.65. The van der Waals surface area contributed by atoms with E-state index in [1.807, 2.05) is 12.4 Å². The summed E-state index contributed by atoms with van der Waals surface area (Å²) >= 11 is 0. The van der Waals surface area contributed by atoms with Gasteiger partial charge in [-0.15, -0.1) is 0 Å². The Morgan fingerprint density at radius 2 is 1.64 bits per heavy atom. The van der Waals surface area contributed by atoms with Crippen molar-refractivity contribution >= 4 is 11.0 Å². The fourth-order valence-electron chi connectivity index (χ4n) is 1.54. The smallest absolute Gasteiger partial charge is 0.159 e.